The standard InChI is InChI=1S/C14H18N4S/c1-2-5-11(6-3-1)12-7-4-8-15-13(12)9-16-14-18-17-10-19-14/h1-3,5-6,10,12-13,15H,4,7-9H2,(H,16,18). The van der Waals surface area contributed by atoms with Gasteiger partial charge in [0, 0.05) is 18.5 Å². The molecule has 0 saturated carbocycles. The van der Waals surface area contributed by atoms with Gasteiger partial charge in [-0.3, -0.25) is 0 Å². The molecule has 2 N–H and O–H groups in total. The first-order chi connectivity index (χ1) is 9.43. The molecule has 1 aliphatic heterocycles. The van der Waals surface area contributed by atoms with Crippen LogP contribution in [0, 0.1) is 0 Å². The highest BCUT2D eigenvalue weighted by molar-refractivity contribution is 7.13. The highest BCUT2D eigenvalue weighted by Gasteiger charge is 2.25. The Morgan fingerprint density at radius 2 is 2.21 bits per heavy atom. The normalized spacial score (nSPS) is 23.2. The number of hydrogen-bond donors (Lipinski definition) is 2. The largest absolute Gasteiger partial charge is 0.359 e. The van der Waals surface area contributed by atoms with Gasteiger partial charge in [-0.2, -0.15) is 0 Å². The summed E-state index contributed by atoms with van der Waals surface area (Å²) in [5.41, 5.74) is 3.18. The number of nitrogens with one attached hydrogen (secondary N) is 2. The Labute approximate surface area is 117 Å². The van der Waals surface area contributed by atoms with Crippen molar-refractivity contribution in [1.29, 1.82) is 0 Å². The van der Waals surface area contributed by atoms with Gasteiger partial charge in [-0.15, -0.1) is 10.2 Å². The molecule has 5 heteroatoms. The molecule has 0 bridgehead atoms. The van der Waals surface area contributed by atoms with Crippen LogP contribution in [0.2, 0.25) is 0 Å². The molecule has 1 saturated heterocycles. The summed E-state index contributed by atoms with van der Waals surface area (Å²) in [6.07, 6.45) is 2.49. The predicted molar refractivity (Wildman–Crippen MR) is 78.6 cm³/mol. The molecular weight excluding hydrogens is 256 g/mol. The Kier molecular flexibility index (Phi) is 4.05. The monoisotopic (exact) mass is 274 g/mol. The first kappa shape index (κ1) is 12.6. The predicted octanol–water partition coefficient (Wildman–Crippen LogP) is 2.49. The van der Waals surface area contributed by atoms with Gasteiger partial charge < -0.3 is 10.6 Å². The van der Waals surface area contributed by atoms with Crippen molar-refractivity contribution < 1.29 is 0 Å². The van der Waals surface area contributed by atoms with Crippen LogP contribution in [0.15, 0.2) is 35.8 Å². The van der Waals surface area contributed by atoms with E-state index in [9.17, 15) is 0 Å². The van der Waals surface area contributed by atoms with Crippen LogP contribution >= 0.6 is 11.3 Å². The van der Waals surface area contributed by atoms with Gasteiger partial charge in [-0.25, -0.2) is 0 Å². The van der Waals surface area contributed by atoms with E-state index in [0.717, 1.165) is 18.2 Å². The Hall–Kier alpha value is -1.46. The van der Waals surface area contributed by atoms with E-state index in [0.29, 0.717) is 12.0 Å². The van der Waals surface area contributed by atoms with E-state index >= 15 is 0 Å². The molecule has 2 unspecified atom stereocenters. The molecule has 3 rings (SSSR count). The summed E-state index contributed by atoms with van der Waals surface area (Å²) in [5.74, 6) is 0.579. The maximum atomic E-state index is 4.03. The van der Waals surface area contributed by atoms with Crippen LogP contribution in [0.25, 0.3) is 0 Å². The number of piperidine rings is 1. The molecule has 0 aliphatic carbocycles. The molecular formula is C14H18N4S. The number of aromatic nitrogens is 2. The number of benzene rings is 1. The lowest BCUT2D eigenvalue weighted by molar-refractivity contribution is 0.362. The highest BCUT2D eigenvalue weighted by atomic mass is 32.1. The van der Waals surface area contributed by atoms with Gasteiger partial charge >= 0.3 is 0 Å². The highest BCUT2D eigenvalue weighted by Crippen LogP contribution is 2.28. The maximum absolute atomic E-state index is 4.03. The van der Waals surface area contributed by atoms with Crippen molar-refractivity contribution >= 4 is 16.5 Å². The summed E-state index contributed by atoms with van der Waals surface area (Å²) >= 11 is 1.55. The fraction of sp³-hybridized carbons (Fsp3) is 0.429. The average molecular weight is 274 g/mol. The Morgan fingerprint density at radius 1 is 1.32 bits per heavy atom. The average Bonchev–Trinajstić information content (AvgIpc) is 3.00. The lowest BCUT2D eigenvalue weighted by Gasteiger charge is -2.33. The molecule has 1 aliphatic rings. The summed E-state index contributed by atoms with van der Waals surface area (Å²) in [6.45, 7) is 2.00. The van der Waals surface area contributed by atoms with E-state index in [1.54, 1.807) is 16.8 Å². The maximum Gasteiger partial charge on any atom is 0.205 e. The molecule has 100 valence electrons. The Bertz CT molecular complexity index is 485. The fourth-order valence-corrected chi connectivity index (χ4v) is 3.17. The van der Waals surface area contributed by atoms with Crippen molar-refractivity contribution in [3.63, 3.8) is 0 Å². The zero-order valence-corrected chi connectivity index (χ0v) is 11.6. The second kappa shape index (κ2) is 6.12. The van der Waals surface area contributed by atoms with Gasteiger partial charge in [0.1, 0.15) is 5.51 Å². The second-order valence-corrected chi connectivity index (χ2v) is 5.68. The molecule has 2 atom stereocenters. The third-order valence-corrected chi connectivity index (χ3v) is 4.29. The third-order valence-electron chi connectivity index (χ3n) is 3.65. The van der Waals surface area contributed by atoms with E-state index in [1.165, 1.54) is 18.4 Å². The van der Waals surface area contributed by atoms with E-state index in [1.807, 2.05) is 0 Å². The summed E-state index contributed by atoms with van der Waals surface area (Å²) < 4.78 is 0. The van der Waals surface area contributed by atoms with Crippen LogP contribution in [0.1, 0.15) is 24.3 Å². The molecule has 19 heavy (non-hydrogen) atoms. The van der Waals surface area contributed by atoms with E-state index in [-0.39, 0.29) is 0 Å². The summed E-state index contributed by atoms with van der Waals surface area (Å²) in [7, 11) is 0. The SMILES string of the molecule is c1ccc(C2CCCNC2CNc2nncs2)cc1. The van der Waals surface area contributed by atoms with Crippen molar-refractivity contribution in [1.82, 2.24) is 15.5 Å². The second-order valence-electron chi connectivity index (χ2n) is 4.84. The molecule has 1 aromatic heterocycles. The van der Waals surface area contributed by atoms with Gasteiger partial charge in [0.05, 0.1) is 0 Å². The van der Waals surface area contributed by atoms with Gasteiger partial charge in [0.2, 0.25) is 5.13 Å². The molecule has 1 fully saturated rings. The Balaban J connectivity index is 1.67. The van der Waals surface area contributed by atoms with E-state index in [4.69, 9.17) is 0 Å². The van der Waals surface area contributed by atoms with E-state index < -0.39 is 0 Å². The van der Waals surface area contributed by atoms with Crippen LogP contribution in [0.3, 0.4) is 0 Å². The molecule has 0 radical (unpaired) electrons. The fourth-order valence-electron chi connectivity index (χ4n) is 2.71. The van der Waals surface area contributed by atoms with Gasteiger partial charge in [0.25, 0.3) is 0 Å². The molecule has 0 amide bonds. The van der Waals surface area contributed by atoms with Crippen molar-refractivity contribution in [2.45, 2.75) is 24.8 Å². The minimum atomic E-state index is 0.458. The lowest BCUT2D eigenvalue weighted by Crippen LogP contribution is -2.44. The molecule has 0 spiro atoms. The van der Waals surface area contributed by atoms with Crippen LogP contribution < -0.4 is 10.6 Å². The van der Waals surface area contributed by atoms with Crippen LogP contribution in [-0.4, -0.2) is 29.3 Å². The zero-order chi connectivity index (χ0) is 12.9. The van der Waals surface area contributed by atoms with Crippen molar-refractivity contribution in [3.8, 4) is 0 Å². The molecule has 2 aromatic rings. The van der Waals surface area contributed by atoms with Crippen LogP contribution in [0.5, 0.6) is 0 Å². The third kappa shape index (κ3) is 3.11. The van der Waals surface area contributed by atoms with Gasteiger partial charge in [-0.1, -0.05) is 41.7 Å². The van der Waals surface area contributed by atoms with Crippen LogP contribution in [0.4, 0.5) is 5.13 Å². The minimum Gasteiger partial charge on any atom is -0.359 e. The lowest BCUT2D eigenvalue weighted by atomic mass is 9.85. The minimum absolute atomic E-state index is 0.458. The molecule has 1 aromatic carbocycles. The quantitative estimate of drug-likeness (QED) is 0.899. The molecule has 2 heterocycles. The van der Waals surface area contributed by atoms with Crippen molar-refractivity contribution in [3.05, 3.63) is 41.4 Å². The number of rotatable bonds is 4. The van der Waals surface area contributed by atoms with Gasteiger partial charge in [0.15, 0.2) is 0 Å². The number of hydrogen-bond acceptors (Lipinski definition) is 5. The van der Waals surface area contributed by atoms with Crippen molar-refractivity contribution in [2.24, 2.45) is 0 Å². The van der Waals surface area contributed by atoms with Crippen LogP contribution in [-0.2, 0) is 0 Å². The van der Waals surface area contributed by atoms with Gasteiger partial charge in [-0.05, 0) is 24.9 Å². The number of anilines is 1. The first-order valence-electron chi connectivity index (χ1n) is 6.72. The zero-order valence-electron chi connectivity index (χ0n) is 10.7. The molecule has 4 nitrogen and oxygen atoms in total. The van der Waals surface area contributed by atoms with E-state index in [2.05, 4.69) is 51.2 Å². The summed E-state index contributed by atoms with van der Waals surface area (Å²) in [5, 5.41) is 15.8. The summed E-state index contributed by atoms with van der Waals surface area (Å²) in [6, 6.07) is 11.2. The number of nitrogens with zero attached hydrogens (tertiary/aromatic N) is 2. The first-order valence-corrected chi connectivity index (χ1v) is 7.60. The topological polar surface area (TPSA) is 49.8 Å². The van der Waals surface area contributed by atoms with Crippen molar-refractivity contribution in [2.75, 3.05) is 18.4 Å². The smallest absolute Gasteiger partial charge is 0.205 e. The summed E-state index contributed by atoms with van der Waals surface area (Å²) in [4.78, 5) is 0. The Morgan fingerprint density at radius 3 is 3.00 bits per heavy atom.